The molecule has 0 radical (unpaired) electrons. The van der Waals surface area contributed by atoms with E-state index in [-0.39, 0.29) is 5.91 Å². The van der Waals surface area contributed by atoms with E-state index in [9.17, 15) is 4.79 Å². The van der Waals surface area contributed by atoms with Crippen molar-refractivity contribution in [2.75, 3.05) is 0 Å². The number of carbonyl (C=O) groups is 1. The maximum Gasteiger partial charge on any atom is 0.252 e. The number of fused-ring (bicyclic) bond motifs is 1. The first-order chi connectivity index (χ1) is 7.61. The van der Waals surface area contributed by atoms with Crippen LogP contribution in [0.1, 0.15) is 60.7 Å². The zero-order valence-corrected chi connectivity index (χ0v) is 10.8. The summed E-state index contributed by atoms with van der Waals surface area (Å²) >= 11 is 0. The summed E-state index contributed by atoms with van der Waals surface area (Å²) in [5.74, 6) is 0.501. The maximum atomic E-state index is 11.6. The van der Waals surface area contributed by atoms with Crippen LogP contribution in [-0.4, -0.2) is 5.91 Å². The molecule has 0 atom stereocenters. The van der Waals surface area contributed by atoms with Gasteiger partial charge >= 0.3 is 0 Å². The molecule has 1 aliphatic rings. The van der Waals surface area contributed by atoms with E-state index in [1.165, 1.54) is 16.7 Å². The lowest BCUT2D eigenvalue weighted by Gasteiger charge is -2.11. The molecule has 1 amide bonds. The minimum Gasteiger partial charge on any atom is -0.348 e. The molecule has 0 bridgehead atoms. The molecule has 0 saturated heterocycles. The molecule has 2 nitrogen and oxygen atoms in total. The number of rotatable bonds is 1. The van der Waals surface area contributed by atoms with Gasteiger partial charge in [-0.3, -0.25) is 4.79 Å². The predicted octanol–water partition coefficient (Wildman–Crippen LogP) is 3.39. The van der Waals surface area contributed by atoms with Crippen LogP contribution >= 0.6 is 0 Å². The molecule has 16 heavy (non-hydrogen) atoms. The van der Waals surface area contributed by atoms with Crippen molar-refractivity contribution < 1.29 is 4.79 Å². The molecular formula is C14H21NO. The van der Waals surface area contributed by atoms with Crippen molar-refractivity contribution >= 4 is 5.91 Å². The molecule has 1 aliphatic heterocycles. The van der Waals surface area contributed by atoms with Gasteiger partial charge in [-0.25, -0.2) is 0 Å². The third-order valence-corrected chi connectivity index (χ3v) is 2.85. The number of aryl methyl sites for hydroxylation is 1. The summed E-state index contributed by atoms with van der Waals surface area (Å²) in [5.41, 5.74) is 4.48. The highest BCUT2D eigenvalue weighted by molar-refractivity contribution is 6.00. The maximum absolute atomic E-state index is 11.6. The molecule has 1 N–H and O–H groups in total. The van der Waals surface area contributed by atoms with Crippen molar-refractivity contribution in [1.29, 1.82) is 0 Å². The average molecular weight is 219 g/mol. The Balaban J connectivity index is 0.000000606. The average Bonchev–Trinajstić information content (AvgIpc) is 2.65. The fraction of sp³-hybridized carbons (Fsp3) is 0.500. The van der Waals surface area contributed by atoms with Gasteiger partial charge in [0, 0.05) is 12.1 Å². The van der Waals surface area contributed by atoms with Crippen LogP contribution < -0.4 is 5.32 Å². The van der Waals surface area contributed by atoms with Crippen LogP contribution in [0.2, 0.25) is 0 Å². The van der Waals surface area contributed by atoms with E-state index in [1.807, 2.05) is 13.8 Å². The standard InChI is InChI=1S/C12H15NO.C2H6/c1-7(2)9-5-4-8(3)10-6-13-12(14)11(9)10;1-2/h4-5,7H,6H2,1-3H3,(H,13,14);1-2H3. The first kappa shape index (κ1) is 12.8. The van der Waals surface area contributed by atoms with E-state index < -0.39 is 0 Å². The Kier molecular flexibility index (Phi) is 4.11. The second-order valence-electron chi connectivity index (χ2n) is 4.16. The number of amides is 1. The molecular weight excluding hydrogens is 198 g/mol. The van der Waals surface area contributed by atoms with Gasteiger partial charge in [0.25, 0.3) is 5.91 Å². The van der Waals surface area contributed by atoms with E-state index in [0.717, 1.165) is 5.56 Å². The van der Waals surface area contributed by atoms with Crippen molar-refractivity contribution in [2.45, 2.75) is 47.1 Å². The molecule has 2 rings (SSSR count). The summed E-state index contributed by atoms with van der Waals surface area (Å²) in [4.78, 5) is 11.6. The van der Waals surface area contributed by atoms with Crippen LogP contribution in [0.25, 0.3) is 0 Å². The van der Waals surface area contributed by atoms with E-state index in [1.54, 1.807) is 0 Å². The van der Waals surface area contributed by atoms with Gasteiger partial charge < -0.3 is 5.32 Å². The zero-order chi connectivity index (χ0) is 12.3. The quantitative estimate of drug-likeness (QED) is 0.770. The fourth-order valence-corrected chi connectivity index (χ4v) is 2.00. The highest BCUT2D eigenvalue weighted by Gasteiger charge is 2.24. The molecule has 0 saturated carbocycles. The van der Waals surface area contributed by atoms with Crippen molar-refractivity contribution in [2.24, 2.45) is 0 Å². The number of hydrogen-bond acceptors (Lipinski definition) is 1. The van der Waals surface area contributed by atoms with Crippen LogP contribution in [-0.2, 0) is 6.54 Å². The summed E-state index contributed by atoms with van der Waals surface area (Å²) in [6.07, 6.45) is 0. The molecule has 1 aromatic rings. The topological polar surface area (TPSA) is 29.1 Å². The van der Waals surface area contributed by atoms with Gasteiger partial charge in [0.2, 0.25) is 0 Å². The van der Waals surface area contributed by atoms with Crippen LogP contribution in [0.15, 0.2) is 12.1 Å². The molecule has 0 spiro atoms. The minimum atomic E-state index is 0.0902. The van der Waals surface area contributed by atoms with Gasteiger partial charge in [0.1, 0.15) is 0 Å². The number of benzene rings is 1. The van der Waals surface area contributed by atoms with Crippen molar-refractivity contribution in [3.63, 3.8) is 0 Å². The summed E-state index contributed by atoms with van der Waals surface area (Å²) in [5, 5.41) is 2.88. The SMILES string of the molecule is CC.Cc1ccc(C(C)C)c2c1CNC2=O. The molecule has 0 unspecified atom stereocenters. The normalized spacial score (nSPS) is 13.0. The van der Waals surface area contributed by atoms with E-state index in [0.29, 0.717) is 12.5 Å². The van der Waals surface area contributed by atoms with Crippen LogP contribution in [0.3, 0.4) is 0 Å². The van der Waals surface area contributed by atoms with Gasteiger partial charge in [-0.05, 0) is 29.5 Å². The van der Waals surface area contributed by atoms with E-state index in [2.05, 4.69) is 38.2 Å². The molecule has 0 aliphatic carbocycles. The first-order valence-corrected chi connectivity index (χ1v) is 6.02. The molecule has 1 heterocycles. The Labute approximate surface area is 98.1 Å². The van der Waals surface area contributed by atoms with Crippen molar-refractivity contribution in [3.05, 3.63) is 34.4 Å². The predicted molar refractivity (Wildman–Crippen MR) is 67.8 cm³/mol. The Morgan fingerprint density at radius 1 is 1.25 bits per heavy atom. The zero-order valence-electron chi connectivity index (χ0n) is 10.8. The van der Waals surface area contributed by atoms with Gasteiger partial charge in [-0.15, -0.1) is 0 Å². The second kappa shape index (κ2) is 5.15. The highest BCUT2D eigenvalue weighted by atomic mass is 16.1. The minimum absolute atomic E-state index is 0.0902. The smallest absolute Gasteiger partial charge is 0.252 e. The summed E-state index contributed by atoms with van der Waals surface area (Å²) < 4.78 is 0. The lowest BCUT2D eigenvalue weighted by Crippen LogP contribution is -2.14. The van der Waals surface area contributed by atoms with Gasteiger partial charge in [0.05, 0.1) is 0 Å². The molecule has 0 fully saturated rings. The molecule has 0 aromatic heterocycles. The van der Waals surface area contributed by atoms with E-state index in [4.69, 9.17) is 0 Å². The highest BCUT2D eigenvalue weighted by Crippen LogP contribution is 2.28. The number of nitrogens with one attached hydrogen (secondary N) is 1. The fourth-order valence-electron chi connectivity index (χ4n) is 2.00. The first-order valence-electron chi connectivity index (χ1n) is 6.02. The number of hydrogen-bond donors (Lipinski definition) is 1. The third-order valence-electron chi connectivity index (χ3n) is 2.85. The molecule has 2 heteroatoms. The summed E-state index contributed by atoms with van der Waals surface area (Å²) in [6, 6.07) is 4.18. The number of carbonyl (C=O) groups excluding carboxylic acids is 1. The lowest BCUT2D eigenvalue weighted by atomic mass is 9.92. The molecule has 1 aromatic carbocycles. The Morgan fingerprint density at radius 2 is 1.88 bits per heavy atom. The Morgan fingerprint density at radius 3 is 2.44 bits per heavy atom. The lowest BCUT2D eigenvalue weighted by molar-refractivity contribution is 0.0964. The van der Waals surface area contributed by atoms with Crippen molar-refractivity contribution in [3.8, 4) is 0 Å². The van der Waals surface area contributed by atoms with E-state index >= 15 is 0 Å². The summed E-state index contributed by atoms with van der Waals surface area (Å²) in [6.45, 7) is 11.0. The van der Waals surface area contributed by atoms with Crippen LogP contribution in [0.5, 0.6) is 0 Å². The van der Waals surface area contributed by atoms with Crippen LogP contribution in [0.4, 0.5) is 0 Å². The van der Waals surface area contributed by atoms with Gasteiger partial charge in [0.15, 0.2) is 0 Å². The molecule has 88 valence electrons. The van der Waals surface area contributed by atoms with Crippen LogP contribution in [0, 0.1) is 6.92 Å². The third kappa shape index (κ3) is 2.11. The second-order valence-corrected chi connectivity index (χ2v) is 4.16. The monoisotopic (exact) mass is 219 g/mol. The Hall–Kier alpha value is -1.31. The summed E-state index contributed by atoms with van der Waals surface area (Å²) in [7, 11) is 0. The van der Waals surface area contributed by atoms with Gasteiger partial charge in [-0.2, -0.15) is 0 Å². The largest absolute Gasteiger partial charge is 0.348 e. The van der Waals surface area contributed by atoms with Crippen molar-refractivity contribution in [1.82, 2.24) is 5.32 Å². The van der Waals surface area contributed by atoms with Gasteiger partial charge in [-0.1, -0.05) is 39.8 Å². The Bertz CT molecular complexity index is 394.